The quantitative estimate of drug-likeness (QED) is 0.887. The molecule has 1 aromatic carbocycles. The summed E-state index contributed by atoms with van der Waals surface area (Å²) in [7, 11) is 0. The van der Waals surface area contributed by atoms with Gasteiger partial charge in [0.05, 0.1) is 13.2 Å². The van der Waals surface area contributed by atoms with Gasteiger partial charge < -0.3 is 14.6 Å². The molecule has 1 N–H and O–H groups in total. The normalized spacial score (nSPS) is 15.8. The van der Waals surface area contributed by atoms with E-state index in [1.54, 1.807) is 0 Å². The van der Waals surface area contributed by atoms with Crippen LogP contribution in [0.4, 0.5) is 0 Å². The molecule has 0 unspecified atom stereocenters. The molecule has 2 aliphatic heterocycles. The summed E-state index contributed by atoms with van der Waals surface area (Å²) in [4.78, 5) is 10.8. The van der Waals surface area contributed by atoms with E-state index >= 15 is 0 Å². The third kappa shape index (κ3) is 1.64. The third-order valence-electron chi connectivity index (χ3n) is 3.77. The second-order valence-electron chi connectivity index (χ2n) is 4.81. The minimum Gasteiger partial charge on any atom is -0.493 e. The first-order valence-corrected chi connectivity index (χ1v) is 6.33. The van der Waals surface area contributed by atoms with Gasteiger partial charge in [0.1, 0.15) is 11.5 Å². The number of hydrogen-bond donors (Lipinski definition) is 1. The van der Waals surface area contributed by atoms with Crippen molar-refractivity contribution in [2.24, 2.45) is 0 Å². The van der Waals surface area contributed by atoms with Gasteiger partial charge in [0.2, 0.25) is 0 Å². The largest absolute Gasteiger partial charge is 0.493 e. The molecule has 0 radical (unpaired) electrons. The van der Waals surface area contributed by atoms with E-state index in [1.165, 1.54) is 11.1 Å². The highest BCUT2D eigenvalue weighted by atomic mass is 16.5. The second kappa shape index (κ2) is 4.19. The predicted molar refractivity (Wildman–Crippen MR) is 65.5 cm³/mol. The van der Waals surface area contributed by atoms with Gasteiger partial charge in [-0.05, 0) is 18.9 Å². The van der Waals surface area contributed by atoms with Crippen molar-refractivity contribution in [3.63, 3.8) is 0 Å². The summed E-state index contributed by atoms with van der Waals surface area (Å²) in [5.74, 6) is 1.13. The summed E-state index contributed by atoms with van der Waals surface area (Å²) < 4.78 is 11.4. The minimum absolute atomic E-state index is 0.144. The molecular weight excluding hydrogens is 232 g/mol. The molecule has 0 spiro atoms. The van der Waals surface area contributed by atoms with Crippen molar-refractivity contribution in [3.8, 4) is 11.5 Å². The van der Waals surface area contributed by atoms with Crippen molar-refractivity contribution in [2.75, 3.05) is 13.2 Å². The van der Waals surface area contributed by atoms with Crippen molar-refractivity contribution in [3.05, 3.63) is 22.3 Å². The van der Waals surface area contributed by atoms with Crippen LogP contribution in [-0.4, -0.2) is 24.3 Å². The predicted octanol–water partition coefficient (Wildman–Crippen LogP) is 1.88. The van der Waals surface area contributed by atoms with Crippen LogP contribution in [0.15, 0.2) is 0 Å². The molecule has 1 aromatic rings. The summed E-state index contributed by atoms with van der Waals surface area (Å²) in [6.07, 6.45) is 2.44. The van der Waals surface area contributed by atoms with Crippen molar-refractivity contribution >= 4 is 5.97 Å². The summed E-state index contributed by atoms with van der Waals surface area (Å²) in [5, 5.41) is 8.85. The molecule has 0 saturated carbocycles. The van der Waals surface area contributed by atoms with E-state index in [2.05, 4.69) is 6.92 Å². The highest BCUT2D eigenvalue weighted by molar-refractivity contribution is 5.68. The van der Waals surface area contributed by atoms with E-state index in [1.807, 2.05) is 0 Å². The molecule has 0 aromatic heterocycles. The van der Waals surface area contributed by atoms with Gasteiger partial charge >= 0.3 is 5.97 Å². The Bertz CT molecular complexity index is 484. The molecule has 96 valence electrons. The highest BCUT2D eigenvalue weighted by Crippen LogP contribution is 2.44. The minimum atomic E-state index is -0.769. The fourth-order valence-corrected chi connectivity index (χ4v) is 2.93. The van der Waals surface area contributed by atoms with Crippen LogP contribution in [0, 0.1) is 6.92 Å². The van der Waals surface area contributed by atoms with Crippen LogP contribution in [0.25, 0.3) is 0 Å². The van der Waals surface area contributed by atoms with E-state index in [9.17, 15) is 4.79 Å². The Morgan fingerprint density at radius 2 is 1.83 bits per heavy atom. The molecule has 2 heterocycles. The molecule has 3 rings (SSSR count). The van der Waals surface area contributed by atoms with E-state index in [0.717, 1.165) is 35.5 Å². The zero-order valence-corrected chi connectivity index (χ0v) is 10.4. The number of benzene rings is 1. The smallest absolute Gasteiger partial charge is 0.303 e. The first-order chi connectivity index (χ1) is 8.68. The zero-order chi connectivity index (χ0) is 12.7. The molecular formula is C14H16O4. The maximum atomic E-state index is 10.8. The van der Waals surface area contributed by atoms with Crippen molar-refractivity contribution in [1.29, 1.82) is 0 Å². The summed E-state index contributed by atoms with van der Waals surface area (Å²) in [6, 6.07) is 0. The highest BCUT2D eigenvalue weighted by Gasteiger charge is 2.29. The monoisotopic (exact) mass is 248 g/mol. The lowest BCUT2D eigenvalue weighted by Crippen LogP contribution is -2.03. The van der Waals surface area contributed by atoms with Gasteiger partial charge in [0, 0.05) is 36.0 Å². The van der Waals surface area contributed by atoms with Gasteiger partial charge in [-0.15, -0.1) is 0 Å². The molecule has 0 aliphatic carbocycles. The summed E-state index contributed by atoms with van der Waals surface area (Å²) >= 11 is 0. The Morgan fingerprint density at radius 1 is 1.17 bits per heavy atom. The maximum absolute atomic E-state index is 10.8. The lowest BCUT2D eigenvalue weighted by molar-refractivity contribution is -0.136. The maximum Gasteiger partial charge on any atom is 0.303 e. The molecule has 18 heavy (non-hydrogen) atoms. The van der Waals surface area contributed by atoms with Crippen molar-refractivity contribution < 1.29 is 19.4 Å². The van der Waals surface area contributed by atoms with Gasteiger partial charge in [-0.25, -0.2) is 0 Å². The summed E-state index contributed by atoms with van der Waals surface area (Å²) in [5.41, 5.74) is 4.60. The first-order valence-electron chi connectivity index (χ1n) is 6.33. The van der Waals surface area contributed by atoms with Crippen molar-refractivity contribution in [1.82, 2.24) is 0 Å². The Labute approximate surface area is 106 Å². The zero-order valence-electron chi connectivity index (χ0n) is 10.4. The molecule has 0 fully saturated rings. The van der Waals surface area contributed by atoms with Crippen LogP contribution in [0.2, 0.25) is 0 Å². The van der Waals surface area contributed by atoms with Gasteiger partial charge in [-0.1, -0.05) is 0 Å². The molecule has 0 bridgehead atoms. The molecule has 4 heteroatoms. The molecule has 2 aliphatic rings. The Morgan fingerprint density at radius 3 is 2.56 bits per heavy atom. The molecule has 0 amide bonds. The fourth-order valence-electron chi connectivity index (χ4n) is 2.93. The fraction of sp³-hybridized carbons (Fsp3) is 0.500. The van der Waals surface area contributed by atoms with Crippen LogP contribution in [0.5, 0.6) is 11.5 Å². The van der Waals surface area contributed by atoms with Gasteiger partial charge in [0.25, 0.3) is 0 Å². The lowest BCUT2D eigenvalue weighted by atomic mass is 9.92. The number of carbonyl (C=O) groups is 1. The van der Waals surface area contributed by atoms with Gasteiger partial charge in [-0.3, -0.25) is 4.79 Å². The Balaban J connectivity index is 2.09. The molecule has 4 nitrogen and oxygen atoms in total. The topological polar surface area (TPSA) is 55.8 Å². The van der Waals surface area contributed by atoms with Crippen LogP contribution in [-0.2, 0) is 24.1 Å². The standard InChI is InChI=1S/C14H16O4/c1-8-9-4-6-18-14(9)10(2-3-12(15)16)11-5-7-17-13(8)11/h2-7H2,1H3,(H,15,16). The molecule has 0 atom stereocenters. The number of rotatable bonds is 3. The second-order valence-corrected chi connectivity index (χ2v) is 4.81. The molecule has 0 saturated heterocycles. The lowest BCUT2D eigenvalue weighted by Gasteiger charge is -2.15. The van der Waals surface area contributed by atoms with Gasteiger partial charge in [-0.2, -0.15) is 0 Å². The van der Waals surface area contributed by atoms with Crippen molar-refractivity contribution in [2.45, 2.75) is 32.6 Å². The average Bonchev–Trinajstić information content (AvgIpc) is 2.95. The number of ether oxygens (including phenoxy) is 2. The third-order valence-corrected chi connectivity index (χ3v) is 3.77. The Hall–Kier alpha value is -1.71. The Kier molecular flexibility index (Phi) is 2.65. The summed E-state index contributed by atoms with van der Waals surface area (Å²) in [6.45, 7) is 3.46. The van der Waals surface area contributed by atoms with Crippen LogP contribution >= 0.6 is 0 Å². The van der Waals surface area contributed by atoms with Gasteiger partial charge in [0.15, 0.2) is 0 Å². The average molecular weight is 248 g/mol. The SMILES string of the molecule is Cc1c2c(c(CCC(=O)O)c3c1OCC3)OCC2. The van der Waals surface area contributed by atoms with E-state index in [0.29, 0.717) is 19.6 Å². The van der Waals surface area contributed by atoms with Crippen LogP contribution < -0.4 is 9.47 Å². The first kappa shape index (κ1) is 11.4. The van der Waals surface area contributed by atoms with E-state index < -0.39 is 5.97 Å². The number of carboxylic acids is 1. The number of carboxylic acid groups (broad SMARTS) is 1. The van der Waals surface area contributed by atoms with E-state index in [-0.39, 0.29) is 6.42 Å². The van der Waals surface area contributed by atoms with Crippen LogP contribution in [0.1, 0.15) is 28.7 Å². The number of aliphatic carboxylic acids is 1. The number of hydrogen-bond acceptors (Lipinski definition) is 3. The van der Waals surface area contributed by atoms with Crippen LogP contribution in [0.3, 0.4) is 0 Å². The number of fused-ring (bicyclic) bond motifs is 2. The van der Waals surface area contributed by atoms with E-state index in [4.69, 9.17) is 14.6 Å².